The SMILES string of the molecule is CNC(=O)CN1CCN(C(=O)[C@H]2CCC(F)(F)C2)CC1. The summed E-state index contributed by atoms with van der Waals surface area (Å²) in [6, 6.07) is 0. The molecule has 1 saturated carbocycles. The fourth-order valence-corrected chi connectivity index (χ4v) is 2.83. The zero-order chi connectivity index (χ0) is 14.8. The maximum absolute atomic E-state index is 13.1. The van der Waals surface area contributed by atoms with Crippen molar-refractivity contribution in [2.75, 3.05) is 39.8 Å². The summed E-state index contributed by atoms with van der Waals surface area (Å²) in [6.07, 6.45) is -0.214. The first-order valence-electron chi connectivity index (χ1n) is 7.01. The third kappa shape index (κ3) is 3.65. The first kappa shape index (κ1) is 15.2. The average Bonchev–Trinajstić information content (AvgIpc) is 2.79. The number of hydrogen-bond acceptors (Lipinski definition) is 3. The van der Waals surface area contributed by atoms with Crippen LogP contribution in [0.2, 0.25) is 0 Å². The molecule has 0 bridgehead atoms. The smallest absolute Gasteiger partial charge is 0.248 e. The minimum absolute atomic E-state index is 0.0554. The van der Waals surface area contributed by atoms with E-state index in [1.54, 1.807) is 11.9 Å². The van der Waals surface area contributed by atoms with Gasteiger partial charge in [0, 0.05) is 52.0 Å². The Hall–Kier alpha value is -1.24. The second-order valence-electron chi connectivity index (χ2n) is 5.57. The molecule has 2 aliphatic rings. The molecule has 1 aliphatic heterocycles. The minimum Gasteiger partial charge on any atom is -0.358 e. The van der Waals surface area contributed by atoms with E-state index in [1.165, 1.54) is 0 Å². The van der Waals surface area contributed by atoms with E-state index in [9.17, 15) is 18.4 Å². The van der Waals surface area contributed by atoms with E-state index in [1.807, 2.05) is 4.90 Å². The van der Waals surface area contributed by atoms with E-state index >= 15 is 0 Å². The van der Waals surface area contributed by atoms with Gasteiger partial charge < -0.3 is 10.2 Å². The molecule has 0 aromatic rings. The number of rotatable bonds is 3. The standard InChI is InChI=1S/C13H21F2N3O2/c1-16-11(19)9-17-4-6-18(7-5-17)12(20)10-2-3-13(14,15)8-10/h10H,2-9H2,1H3,(H,16,19)/t10-/m0/s1. The van der Waals surface area contributed by atoms with Crippen LogP contribution >= 0.6 is 0 Å². The summed E-state index contributed by atoms with van der Waals surface area (Å²) >= 11 is 0. The molecular weight excluding hydrogens is 268 g/mol. The summed E-state index contributed by atoms with van der Waals surface area (Å²) in [6.45, 7) is 2.57. The van der Waals surface area contributed by atoms with Crippen LogP contribution in [0.4, 0.5) is 8.78 Å². The number of carbonyl (C=O) groups excluding carboxylic acids is 2. The number of halogens is 2. The second kappa shape index (κ2) is 6.03. The topological polar surface area (TPSA) is 52.7 Å². The zero-order valence-electron chi connectivity index (χ0n) is 11.7. The van der Waals surface area contributed by atoms with E-state index in [0.29, 0.717) is 32.7 Å². The Balaban J connectivity index is 1.79. The summed E-state index contributed by atoms with van der Waals surface area (Å²) in [5.74, 6) is -3.42. The molecule has 2 amide bonds. The molecule has 0 radical (unpaired) electrons. The van der Waals surface area contributed by atoms with Gasteiger partial charge in [-0.1, -0.05) is 0 Å². The monoisotopic (exact) mass is 289 g/mol. The lowest BCUT2D eigenvalue weighted by atomic mass is 10.1. The van der Waals surface area contributed by atoms with Crippen LogP contribution in [0.5, 0.6) is 0 Å². The van der Waals surface area contributed by atoms with Gasteiger partial charge in [-0.2, -0.15) is 0 Å². The lowest BCUT2D eigenvalue weighted by Gasteiger charge is -2.35. The van der Waals surface area contributed by atoms with Gasteiger partial charge in [0.15, 0.2) is 0 Å². The number of hydrogen-bond donors (Lipinski definition) is 1. The van der Waals surface area contributed by atoms with Crippen molar-refractivity contribution < 1.29 is 18.4 Å². The summed E-state index contributed by atoms with van der Waals surface area (Å²) in [7, 11) is 1.59. The molecule has 2 fully saturated rings. The van der Waals surface area contributed by atoms with Crippen LogP contribution < -0.4 is 5.32 Å². The fraction of sp³-hybridized carbons (Fsp3) is 0.846. The molecule has 0 spiro atoms. The van der Waals surface area contributed by atoms with Crippen molar-refractivity contribution in [3.8, 4) is 0 Å². The van der Waals surface area contributed by atoms with Crippen LogP contribution in [-0.4, -0.2) is 67.3 Å². The Morgan fingerprint density at radius 2 is 1.90 bits per heavy atom. The van der Waals surface area contributed by atoms with Crippen molar-refractivity contribution in [3.63, 3.8) is 0 Å². The number of amides is 2. The molecule has 7 heteroatoms. The molecule has 1 saturated heterocycles. The highest BCUT2D eigenvalue weighted by Crippen LogP contribution is 2.39. The third-order valence-corrected chi connectivity index (χ3v) is 4.08. The molecule has 114 valence electrons. The molecule has 1 atom stereocenters. The molecule has 1 aliphatic carbocycles. The number of piperazine rings is 1. The molecule has 0 aromatic carbocycles. The first-order valence-corrected chi connectivity index (χ1v) is 7.01. The molecule has 2 rings (SSSR count). The van der Waals surface area contributed by atoms with Crippen molar-refractivity contribution in [1.82, 2.24) is 15.1 Å². The third-order valence-electron chi connectivity index (χ3n) is 4.08. The van der Waals surface area contributed by atoms with Gasteiger partial charge in [0.1, 0.15) is 0 Å². The molecule has 20 heavy (non-hydrogen) atoms. The van der Waals surface area contributed by atoms with Crippen molar-refractivity contribution in [2.24, 2.45) is 5.92 Å². The van der Waals surface area contributed by atoms with Gasteiger partial charge in [0.05, 0.1) is 6.54 Å². The summed E-state index contributed by atoms with van der Waals surface area (Å²) < 4.78 is 26.3. The Bertz CT molecular complexity index is 382. The van der Waals surface area contributed by atoms with Gasteiger partial charge in [0.2, 0.25) is 17.7 Å². The highest BCUT2D eigenvalue weighted by atomic mass is 19.3. The minimum atomic E-state index is -2.68. The molecule has 5 nitrogen and oxygen atoms in total. The van der Waals surface area contributed by atoms with E-state index < -0.39 is 11.8 Å². The first-order chi connectivity index (χ1) is 9.41. The predicted octanol–water partition coefficient (Wildman–Crippen LogP) is 0.312. The Labute approximate surface area is 117 Å². The van der Waals surface area contributed by atoms with Gasteiger partial charge in [-0.15, -0.1) is 0 Å². The summed E-state index contributed by atoms with van der Waals surface area (Å²) in [4.78, 5) is 27.1. The van der Waals surface area contributed by atoms with E-state index in [4.69, 9.17) is 0 Å². The second-order valence-corrected chi connectivity index (χ2v) is 5.57. The van der Waals surface area contributed by atoms with Gasteiger partial charge in [-0.05, 0) is 6.42 Å². The van der Waals surface area contributed by atoms with E-state index in [2.05, 4.69) is 5.32 Å². The zero-order valence-corrected chi connectivity index (χ0v) is 11.7. The lowest BCUT2D eigenvalue weighted by molar-refractivity contribution is -0.138. The highest BCUT2D eigenvalue weighted by molar-refractivity contribution is 5.79. The van der Waals surface area contributed by atoms with Crippen molar-refractivity contribution in [2.45, 2.75) is 25.2 Å². The van der Waals surface area contributed by atoms with Crippen LogP contribution in [0.15, 0.2) is 0 Å². The fourth-order valence-electron chi connectivity index (χ4n) is 2.83. The Morgan fingerprint density at radius 1 is 1.25 bits per heavy atom. The normalized spacial score (nSPS) is 26.6. The number of carbonyl (C=O) groups is 2. The molecule has 0 aromatic heterocycles. The molecular formula is C13H21F2N3O2. The van der Waals surface area contributed by atoms with Crippen molar-refractivity contribution in [1.29, 1.82) is 0 Å². The number of nitrogens with one attached hydrogen (secondary N) is 1. The van der Waals surface area contributed by atoms with Crippen LogP contribution in [0.1, 0.15) is 19.3 Å². The number of nitrogens with zero attached hydrogens (tertiary/aromatic N) is 2. The average molecular weight is 289 g/mol. The molecule has 1 N–H and O–H groups in total. The van der Waals surface area contributed by atoms with E-state index in [0.717, 1.165) is 0 Å². The van der Waals surface area contributed by atoms with Crippen LogP contribution in [0.25, 0.3) is 0 Å². The van der Waals surface area contributed by atoms with Gasteiger partial charge in [-0.3, -0.25) is 14.5 Å². The van der Waals surface area contributed by atoms with Crippen LogP contribution in [0, 0.1) is 5.92 Å². The Kier molecular flexibility index (Phi) is 4.57. The quantitative estimate of drug-likeness (QED) is 0.814. The highest BCUT2D eigenvalue weighted by Gasteiger charge is 2.43. The predicted molar refractivity (Wildman–Crippen MR) is 69.4 cm³/mol. The summed E-state index contributed by atoms with van der Waals surface area (Å²) in [5, 5.41) is 2.56. The molecule has 0 unspecified atom stereocenters. The number of alkyl halides is 2. The lowest BCUT2D eigenvalue weighted by Crippen LogP contribution is -2.52. The van der Waals surface area contributed by atoms with E-state index in [-0.39, 0.29) is 31.1 Å². The van der Waals surface area contributed by atoms with Crippen LogP contribution in [-0.2, 0) is 9.59 Å². The van der Waals surface area contributed by atoms with Crippen LogP contribution in [0.3, 0.4) is 0 Å². The van der Waals surface area contributed by atoms with Gasteiger partial charge in [-0.25, -0.2) is 8.78 Å². The molecule has 1 heterocycles. The van der Waals surface area contributed by atoms with Gasteiger partial charge >= 0.3 is 0 Å². The van der Waals surface area contributed by atoms with Gasteiger partial charge in [0.25, 0.3) is 0 Å². The maximum atomic E-state index is 13.1. The Morgan fingerprint density at radius 3 is 2.40 bits per heavy atom. The van der Waals surface area contributed by atoms with Crippen molar-refractivity contribution >= 4 is 11.8 Å². The largest absolute Gasteiger partial charge is 0.358 e. The number of likely N-dealkylation sites (N-methyl/N-ethyl adjacent to an activating group) is 1. The maximum Gasteiger partial charge on any atom is 0.248 e. The summed E-state index contributed by atoms with van der Waals surface area (Å²) in [5.41, 5.74) is 0. The van der Waals surface area contributed by atoms with Crippen molar-refractivity contribution in [3.05, 3.63) is 0 Å².